The van der Waals surface area contributed by atoms with Crippen LogP contribution in [-0.4, -0.2) is 98.1 Å². The van der Waals surface area contributed by atoms with E-state index >= 15 is 0 Å². The fraction of sp³-hybridized carbons (Fsp3) is 0.619. The first kappa shape index (κ1) is 23.4. The van der Waals surface area contributed by atoms with Crippen LogP contribution in [-0.2, 0) is 52.3 Å². The van der Waals surface area contributed by atoms with Gasteiger partial charge in [0.25, 0.3) is 0 Å². The van der Waals surface area contributed by atoms with Crippen molar-refractivity contribution in [2.24, 2.45) is 5.92 Å². The molecule has 8 atom stereocenters. The molecule has 0 aromatic rings. The van der Waals surface area contributed by atoms with Crippen LogP contribution in [0.5, 0.6) is 0 Å². The normalized spacial score (nSPS) is 37.2. The smallest absolute Gasteiger partial charge is 0.331 e. The summed E-state index contributed by atoms with van der Waals surface area (Å²) in [5.74, 6) is -3.42. The third-order valence-corrected chi connectivity index (χ3v) is 5.74. The van der Waals surface area contributed by atoms with E-state index in [-0.39, 0.29) is 37.9 Å². The van der Waals surface area contributed by atoms with E-state index in [9.17, 15) is 19.2 Å². The van der Waals surface area contributed by atoms with E-state index in [1.807, 2.05) is 6.92 Å². The lowest BCUT2D eigenvalue weighted by atomic mass is 10.0. The molecule has 0 aromatic carbocycles. The summed E-state index contributed by atoms with van der Waals surface area (Å²) in [6.45, 7) is 2.79. The molecule has 4 aliphatic heterocycles. The minimum atomic E-state index is -1.28. The molecule has 4 saturated heterocycles. The third-order valence-electron chi connectivity index (χ3n) is 5.74. The van der Waals surface area contributed by atoms with Gasteiger partial charge in [-0.3, -0.25) is 0 Å². The van der Waals surface area contributed by atoms with E-state index in [1.54, 1.807) is 0 Å². The maximum atomic E-state index is 12.1. The Morgan fingerprint density at radius 3 is 1.45 bits per heavy atom. The van der Waals surface area contributed by atoms with E-state index in [4.69, 9.17) is 38.3 Å². The second kappa shape index (κ2) is 10.00. The van der Waals surface area contributed by atoms with Crippen LogP contribution < -0.4 is 0 Å². The monoisotopic (exact) mass is 468 g/mol. The Balaban J connectivity index is 1.22. The molecule has 180 valence electrons. The van der Waals surface area contributed by atoms with E-state index in [2.05, 4.69) is 0 Å². The first-order chi connectivity index (χ1) is 15.8. The van der Waals surface area contributed by atoms with Crippen LogP contribution in [0.4, 0.5) is 0 Å². The van der Waals surface area contributed by atoms with Crippen LogP contribution >= 0.6 is 0 Å². The summed E-state index contributed by atoms with van der Waals surface area (Å²) >= 11 is 0. The van der Waals surface area contributed by atoms with Gasteiger partial charge in [0.05, 0.1) is 32.5 Å². The largest absolute Gasteiger partial charge is 0.478 e. The Kier molecular flexibility index (Phi) is 7.08. The fourth-order valence-electron chi connectivity index (χ4n) is 4.23. The predicted molar refractivity (Wildman–Crippen MR) is 104 cm³/mol. The molecule has 33 heavy (non-hydrogen) atoms. The van der Waals surface area contributed by atoms with Gasteiger partial charge in [0.2, 0.25) is 0 Å². The lowest BCUT2D eigenvalue weighted by molar-refractivity contribution is -0.151. The van der Waals surface area contributed by atoms with Crippen LogP contribution in [0.25, 0.3) is 0 Å². The Morgan fingerprint density at radius 2 is 1.00 bits per heavy atom. The second-order valence-electron chi connectivity index (χ2n) is 8.10. The molecule has 4 fully saturated rings. The average molecular weight is 468 g/mol. The molecular formula is C21H24O12. The minimum absolute atomic E-state index is 0.00447. The molecule has 0 spiro atoms. The molecule has 4 heterocycles. The molecule has 0 unspecified atom stereocenters. The topological polar surface area (TPSA) is 153 Å². The maximum Gasteiger partial charge on any atom is 0.331 e. The van der Waals surface area contributed by atoms with Crippen molar-refractivity contribution in [3.8, 4) is 0 Å². The molecule has 12 nitrogen and oxygen atoms in total. The predicted octanol–water partition coefficient (Wildman–Crippen LogP) is -0.850. The second-order valence-corrected chi connectivity index (χ2v) is 8.10. The number of carboxylic acids is 1. The van der Waals surface area contributed by atoms with Gasteiger partial charge in [-0.05, 0) is 0 Å². The summed E-state index contributed by atoms with van der Waals surface area (Å²) in [4.78, 5) is 46.3. The first-order valence-electron chi connectivity index (χ1n) is 10.5. The van der Waals surface area contributed by atoms with Gasteiger partial charge >= 0.3 is 23.9 Å². The molecule has 12 heteroatoms. The van der Waals surface area contributed by atoms with Crippen molar-refractivity contribution in [2.45, 2.75) is 49.7 Å². The summed E-state index contributed by atoms with van der Waals surface area (Å²) < 4.78 is 38.0. The summed E-state index contributed by atoms with van der Waals surface area (Å²) in [6, 6.07) is 0. The van der Waals surface area contributed by atoms with Crippen LogP contribution in [0.2, 0.25) is 0 Å². The number of hydrogen-bond donors (Lipinski definition) is 1. The Hall–Kier alpha value is -2.80. The molecule has 0 aromatic heterocycles. The van der Waals surface area contributed by atoms with Gasteiger partial charge in [-0.1, -0.05) is 6.92 Å². The molecule has 0 radical (unpaired) electrons. The number of carboxylic acid groups (broad SMARTS) is 1. The van der Waals surface area contributed by atoms with Gasteiger partial charge in [-0.2, -0.15) is 0 Å². The van der Waals surface area contributed by atoms with Crippen molar-refractivity contribution in [1.82, 2.24) is 0 Å². The lowest BCUT2D eigenvalue weighted by Gasteiger charge is -2.16. The molecule has 1 N–H and O–H groups in total. The average Bonchev–Trinajstić information content (AvgIpc) is 3.52. The number of aliphatic carboxylic acids is 1. The van der Waals surface area contributed by atoms with E-state index in [1.165, 1.54) is 0 Å². The molecule has 0 aliphatic carbocycles. The zero-order chi connectivity index (χ0) is 23.5. The van der Waals surface area contributed by atoms with Gasteiger partial charge in [-0.15, -0.1) is 0 Å². The summed E-state index contributed by atoms with van der Waals surface area (Å²) in [6.07, 6.45) is -0.447. The SMILES string of the molecule is C[C@@H]1CO[C@H]2[C@@H]1OC[C@@H]2OC(=O)/C=C\C(=O)O[C@@H]1CO[C@H]2[C@@H]1OC[C@@H]2OC(=O)/C=C\C(=O)O. The quantitative estimate of drug-likeness (QED) is 0.281. The van der Waals surface area contributed by atoms with Gasteiger partial charge in [-0.25, -0.2) is 19.2 Å². The molecule has 4 rings (SSSR count). The number of esters is 3. The highest BCUT2D eigenvalue weighted by molar-refractivity contribution is 5.92. The Bertz CT molecular complexity index is 850. The third kappa shape index (κ3) is 5.41. The fourth-order valence-corrected chi connectivity index (χ4v) is 4.23. The van der Waals surface area contributed by atoms with Crippen molar-refractivity contribution in [2.75, 3.05) is 26.4 Å². The van der Waals surface area contributed by atoms with Crippen molar-refractivity contribution in [1.29, 1.82) is 0 Å². The summed E-state index contributed by atoms with van der Waals surface area (Å²) in [7, 11) is 0. The number of carbonyl (C=O) groups excluding carboxylic acids is 3. The molecule has 4 aliphatic rings. The lowest BCUT2D eigenvalue weighted by Crippen LogP contribution is -2.35. The maximum absolute atomic E-state index is 12.1. The van der Waals surface area contributed by atoms with Crippen molar-refractivity contribution < 1.29 is 57.4 Å². The van der Waals surface area contributed by atoms with E-state index < -0.39 is 54.4 Å². The van der Waals surface area contributed by atoms with Crippen molar-refractivity contribution >= 4 is 23.9 Å². The zero-order valence-corrected chi connectivity index (χ0v) is 17.7. The molecule has 0 saturated carbocycles. The number of ether oxygens (including phenoxy) is 7. The Morgan fingerprint density at radius 1 is 0.636 bits per heavy atom. The zero-order valence-electron chi connectivity index (χ0n) is 17.7. The van der Waals surface area contributed by atoms with Gasteiger partial charge < -0.3 is 38.3 Å². The van der Waals surface area contributed by atoms with Crippen LogP contribution in [0, 0.1) is 5.92 Å². The standard InChI is InChI=1S/C21H24O12/c1-10-6-27-19-11(7-28-18(10)19)31-16(25)4-5-17(26)33-13-9-30-20-12(8-29-21(13)20)32-15(24)3-2-14(22)23/h2-5,10-13,18-21H,6-9H2,1H3,(H,22,23)/b3-2-,5-4-/t10-,11+,12+,13-,18-,19-,20-,21-/m1/s1. The van der Waals surface area contributed by atoms with E-state index in [0.717, 1.165) is 18.2 Å². The van der Waals surface area contributed by atoms with Gasteiger partial charge in [0.15, 0.2) is 18.3 Å². The Labute approximate surface area is 188 Å². The van der Waals surface area contributed by atoms with Crippen molar-refractivity contribution in [3.05, 3.63) is 24.3 Å². The number of rotatable bonds is 7. The molecule has 0 bridgehead atoms. The summed E-state index contributed by atoms with van der Waals surface area (Å²) in [5.41, 5.74) is 0. The van der Waals surface area contributed by atoms with Crippen molar-refractivity contribution in [3.63, 3.8) is 0 Å². The highest BCUT2D eigenvalue weighted by Gasteiger charge is 2.51. The van der Waals surface area contributed by atoms with E-state index in [0.29, 0.717) is 12.7 Å². The number of fused-ring (bicyclic) bond motifs is 2. The van der Waals surface area contributed by atoms with Crippen LogP contribution in [0.1, 0.15) is 6.92 Å². The molecule has 0 amide bonds. The number of hydrogen-bond acceptors (Lipinski definition) is 11. The highest BCUT2D eigenvalue weighted by Crippen LogP contribution is 2.32. The number of carbonyl (C=O) groups is 4. The first-order valence-corrected chi connectivity index (χ1v) is 10.5. The summed E-state index contributed by atoms with van der Waals surface area (Å²) in [5, 5.41) is 8.55. The highest BCUT2D eigenvalue weighted by atomic mass is 16.7. The van der Waals surface area contributed by atoms with Crippen LogP contribution in [0.15, 0.2) is 24.3 Å². The van der Waals surface area contributed by atoms with Crippen LogP contribution in [0.3, 0.4) is 0 Å². The van der Waals surface area contributed by atoms with Gasteiger partial charge in [0, 0.05) is 30.2 Å². The molecular weight excluding hydrogens is 444 g/mol. The van der Waals surface area contributed by atoms with Gasteiger partial charge in [0.1, 0.15) is 18.3 Å². The minimum Gasteiger partial charge on any atom is -0.478 e.